The van der Waals surface area contributed by atoms with Crippen LogP contribution in [0.3, 0.4) is 0 Å². The van der Waals surface area contributed by atoms with Gasteiger partial charge in [0, 0.05) is 21.4 Å². The molecule has 0 saturated heterocycles. The molecule has 1 aliphatic heterocycles. The van der Waals surface area contributed by atoms with E-state index in [9.17, 15) is 9.59 Å². The lowest BCUT2D eigenvalue weighted by Crippen LogP contribution is -2.19. The summed E-state index contributed by atoms with van der Waals surface area (Å²) in [7, 11) is 0. The summed E-state index contributed by atoms with van der Waals surface area (Å²) in [6, 6.07) is 11.5. The second-order valence-corrected chi connectivity index (χ2v) is 8.23. The van der Waals surface area contributed by atoms with Crippen LogP contribution in [0.4, 0.5) is 10.8 Å². The van der Waals surface area contributed by atoms with Gasteiger partial charge < -0.3 is 5.32 Å². The van der Waals surface area contributed by atoms with Gasteiger partial charge in [-0.25, -0.2) is 4.98 Å². The summed E-state index contributed by atoms with van der Waals surface area (Å²) in [5.41, 5.74) is 5.44. The van der Waals surface area contributed by atoms with Crippen LogP contribution in [0, 0.1) is 13.8 Å². The van der Waals surface area contributed by atoms with Gasteiger partial charge in [0.2, 0.25) is 5.91 Å². The van der Waals surface area contributed by atoms with Crippen molar-refractivity contribution < 1.29 is 9.59 Å². The predicted molar refractivity (Wildman–Crippen MR) is 111 cm³/mol. The van der Waals surface area contributed by atoms with E-state index in [1.54, 1.807) is 12.1 Å². The second-order valence-electron chi connectivity index (χ2n) is 6.36. The van der Waals surface area contributed by atoms with Crippen molar-refractivity contribution in [2.24, 2.45) is 0 Å². The lowest BCUT2D eigenvalue weighted by Gasteiger charge is -2.16. The maximum atomic E-state index is 12.6. The van der Waals surface area contributed by atoms with Gasteiger partial charge in [-0.05, 0) is 37.6 Å². The van der Waals surface area contributed by atoms with E-state index in [-0.39, 0.29) is 11.8 Å². The fourth-order valence-electron chi connectivity index (χ4n) is 2.95. The molecule has 3 aromatic rings. The highest BCUT2D eigenvalue weighted by atomic mass is 32.2. The molecule has 1 aliphatic rings. The van der Waals surface area contributed by atoms with Crippen molar-refractivity contribution in [3.05, 3.63) is 58.5 Å². The number of benzene rings is 2. The Morgan fingerprint density at radius 2 is 2.04 bits per heavy atom. The van der Waals surface area contributed by atoms with Crippen molar-refractivity contribution in [2.75, 3.05) is 16.4 Å². The van der Waals surface area contributed by atoms with E-state index < -0.39 is 0 Å². The van der Waals surface area contributed by atoms with Crippen LogP contribution in [-0.2, 0) is 4.79 Å². The molecule has 0 saturated carbocycles. The van der Waals surface area contributed by atoms with Crippen LogP contribution in [0.15, 0.2) is 46.7 Å². The summed E-state index contributed by atoms with van der Waals surface area (Å²) in [5.74, 6) is 0.103. The lowest BCUT2D eigenvalue weighted by molar-refractivity contribution is -0.113. The predicted octanol–water partition coefficient (Wildman–Crippen LogP) is 4.72. The number of thioether (sulfide) groups is 1. The SMILES string of the molecule is Cc1ccc(-c2csc(NC(=O)c3ccc4c(c3)NC(=O)CS4)n2)c(C)c1. The Bertz CT molecular complexity index is 1060. The van der Waals surface area contributed by atoms with Crippen LogP contribution in [0.25, 0.3) is 11.3 Å². The molecule has 2 N–H and O–H groups in total. The van der Waals surface area contributed by atoms with Gasteiger partial charge in [-0.15, -0.1) is 23.1 Å². The third-order valence-corrected chi connectivity index (χ3v) is 6.09. The normalized spacial score (nSPS) is 13.0. The van der Waals surface area contributed by atoms with Crippen LogP contribution in [-0.4, -0.2) is 22.6 Å². The third kappa shape index (κ3) is 3.74. The van der Waals surface area contributed by atoms with Gasteiger partial charge in [0.25, 0.3) is 5.91 Å². The lowest BCUT2D eigenvalue weighted by atomic mass is 10.0. The molecule has 2 aromatic carbocycles. The molecular weight excluding hydrogens is 378 g/mol. The van der Waals surface area contributed by atoms with Crippen molar-refractivity contribution in [3.63, 3.8) is 0 Å². The van der Waals surface area contributed by atoms with E-state index in [0.717, 1.165) is 21.7 Å². The van der Waals surface area contributed by atoms with Crippen LogP contribution >= 0.6 is 23.1 Å². The van der Waals surface area contributed by atoms with Crippen molar-refractivity contribution in [1.82, 2.24) is 4.98 Å². The van der Waals surface area contributed by atoms with Gasteiger partial charge in [0.05, 0.1) is 17.1 Å². The molecule has 27 heavy (non-hydrogen) atoms. The average Bonchev–Trinajstić information content (AvgIpc) is 3.09. The van der Waals surface area contributed by atoms with Gasteiger partial charge in [-0.2, -0.15) is 0 Å². The first kappa shape index (κ1) is 17.8. The number of nitrogens with zero attached hydrogens (tertiary/aromatic N) is 1. The number of hydrogen-bond donors (Lipinski definition) is 2. The topological polar surface area (TPSA) is 71.1 Å². The Morgan fingerprint density at radius 3 is 2.85 bits per heavy atom. The molecule has 0 radical (unpaired) electrons. The Hall–Kier alpha value is -2.64. The van der Waals surface area contributed by atoms with Crippen LogP contribution in [0.5, 0.6) is 0 Å². The Kier molecular flexibility index (Phi) is 4.72. The zero-order valence-corrected chi connectivity index (χ0v) is 16.5. The largest absolute Gasteiger partial charge is 0.324 e. The highest BCUT2D eigenvalue weighted by Crippen LogP contribution is 2.32. The number of aromatic nitrogens is 1. The smallest absolute Gasteiger partial charge is 0.257 e. The van der Waals surface area contributed by atoms with Gasteiger partial charge in [-0.1, -0.05) is 23.8 Å². The molecule has 2 heterocycles. The number of nitrogens with one attached hydrogen (secondary N) is 2. The fraction of sp³-hybridized carbons (Fsp3) is 0.150. The number of thiazole rings is 1. The first-order valence-corrected chi connectivity index (χ1v) is 10.3. The van der Waals surface area contributed by atoms with Gasteiger partial charge >= 0.3 is 0 Å². The minimum Gasteiger partial charge on any atom is -0.324 e. The molecule has 4 rings (SSSR count). The minimum atomic E-state index is -0.246. The quantitative estimate of drug-likeness (QED) is 0.673. The van der Waals surface area contributed by atoms with Gasteiger partial charge in [-0.3, -0.25) is 14.9 Å². The number of carbonyl (C=O) groups excluding carboxylic acids is 2. The number of fused-ring (bicyclic) bond motifs is 1. The summed E-state index contributed by atoms with van der Waals surface area (Å²) in [5, 5.41) is 8.14. The Balaban J connectivity index is 1.53. The van der Waals surface area contributed by atoms with Crippen LogP contribution in [0.2, 0.25) is 0 Å². The first-order chi connectivity index (χ1) is 13.0. The van der Waals surface area contributed by atoms with E-state index in [2.05, 4.69) is 47.7 Å². The maximum absolute atomic E-state index is 12.6. The van der Waals surface area contributed by atoms with E-state index in [1.807, 2.05) is 11.4 Å². The first-order valence-electron chi connectivity index (χ1n) is 8.41. The van der Waals surface area contributed by atoms with Crippen molar-refractivity contribution in [1.29, 1.82) is 0 Å². The number of amides is 2. The zero-order valence-electron chi connectivity index (χ0n) is 14.8. The van der Waals surface area contributed by atoms with Crippen molar-refractivity contribution >= 4 is 45.7 Å². The molecule has 1 aromatic heterocycles. The molecule has 0 fully saturated rings. The molecule has 5 nitrogen and oxygen atoms in total. The zero-order chi connectivity index (χ0) is 19.0. The molecule has 0 bridgehead atoms. The molecule has 0 atom stereocenters. The Labute approximate surface area is 165 Å². The summed E-state index contributed by atoms with van der Waals surface area (Å²) >= 11 is 2.86. The molecule has 0 spiro atoms. The van der Waals surface area contributed by atoms with E-state index >= 15 is 0 Å². The summed E-state index contributed by atoms with van der Waals surface area (Å²) in [6.07, 6.45) is 0. The summed E-state index contributed by atoms with van der Waals surface area (Å²) < 4.78 is 0. The average molecular weight is 396 g/mol. The Morgan fingerprint density at radius 1 is 1.19 bits per heavy atom. The highest BCUT2D eigenvalue weighted by molar-refractivity contribution is 8.00. The monoisotopic (exact) mass is 395 g/mol. The second kappa shape index (κ2) is 7.17. The molecular formula is C20H17N3O2S2. The summed E-state index contributed by atoms with van der Waals surface area (Å²) in [6.45, 7) is 4.11. The number of rotatable bonds is 3. The molecule has 0 aliphatic carbocycles. The standard InChI is InChI=1S/C20H17N3O2S2/c1-11-3-5-14(12(2)7-11)16-9-27-20(22-16)23-19(25)13-4-6-17-15(8-13)21-18(24)10-26-17/h3-9H,10H2,1-2H3,(H,21,24)(H,22,23,25). The molecule has 0 unspecified atom stereocenters. The van der Waals surface area contributed by atoms with Crippen molar-refractivity contribution in [3.8, 4) is 11.3 Å². The number of hydrogen-bond acceptors (Lipinski definition) is 5. The molecule has 2 amide bonds. The highest BCUT2D eigenvalue weighted by Gasteiger charge is 2.18. The fourth-order valence-corrected chi connectivity index (χ4v) is 4.44. The van der Waals surface area contributed by atoms with E-state index in [0.29, 0.717) is 22.1 Å². The van der Waals surface area contributed by atoms with E-state index in [1.165, 1.54) is 28.7 Å². The van der Waals surface area contributed by atoms with Crippen molar-refractivity contribution in [2.45, 2.75) is 18.7 Å². The number of aryl methyl sites for hydroxylation is 2. The summed E-state index contributed by atoms with van der Waals surface area (Å²) in [4.78, 5) is 29.6. The molecule has 136 valence electrons. The number of anilines is 2. The van der Waals surface area contributed by atoms with Crippen LogP contribution in [0.1, 0.15) is 21.5 Å². The third-order valence-electron chi connectivity index (χ3n) is 4.26. The van der Waals surface area contributed by atoms with Gasteiger partial charge in [0.15, 0.2) is 5.13 Å². The maximum Gasteiger partial charge on any atom is 0.257 e. The van der Waals surface area contributed by atoms with Crippen LogP contribution < -0.4 is 10.6 Å². The molecule has 7 heteroatoms. The van der Waals surface area contributed by atoms with Gasteiger partial charge in [0.1, 0.15) is 0 Å². The van der Waals surface area contributed by atoms with E-state index in [4.69, 9.17) is 0 Å². The number of carbonyl (C=O) groups is 2. The minimum absolute atomic E-state index is 0.0527.